The molecule has 1 saturated heterocycles. The molecule has 2 nitrogen and oxygen atoms in total. The number of halogens is 2. The van der Waals surface area contributed by atoms with E-state index in [0.29, 0.717) is 10.5 Å². The fraction of sp³-hybridized carbons (Fsp3) is 0.571. The molecule has 1 heterocycles. The molecule has 1 N–H and O–H groups in total. The van der Waals surface area contributed by atoms with Gasteiger partial charge in [0.2, 0.25) is 0 Å². The normalized spacial score (nSPS) is 24.2. The van der Waals surface area contributed by atoms with Crippen molar-refractivity contribution in [1.29, 1.82) is 0 Å². The zero-order valence-electron chi connectivity index (χ0n) is 11.1. The number of rotatable bonds is 2. The van der Waals surface area contributed by atoms with Gasteiger partial charge in [0, 0.05) is 31.2 Å². The van der Waals surface area contributed by atoms with Crippen molar-refractivity contribution < 1.29 is 4.39 Å². The maximum Gasteiger partial charge on any atom is 0.137 e. The molecule has 2 rings (SSSR count). The first-order valence-electron chi connectivity index (χ1n) is 6.31. The molecule has 18 heavy (non-hydrogen) atoms. The lowest BCUT2D eigenvalue weighted by Gasteiger charge is -2.45. The highest BCUT2D eigenvalue weighted by Gasteiger charge is 2.32. The number of hydrogen-bond acceptors (Lipinski definition) is 2. The first-order chi connectivity index (χ1) is 8.38. The highest BCUT2D eigenvalue weighted by Crippen LogP contribution is 2.23. The van der Waals surface area contributed by atoms with Crippen molar-refractivity contribution in [3.63, 3.8) is 0 Å². The number of hydrogen-bond donors (Lipinski definition) is 1. The van der Waals surface area contributed by atoms with Crippen LogP contribution in [0.1, 0.15) is 26.3 Å². The molecule has 1 aliphatic heterocycles. The summed E-state index contributed by atoms with van der Waals surface area (Å²) in [5.41, 5.74) is 1.28. The van der Waals surface area contributed by atoms with Crippen LogP contribution >= 0.6 is 15.9 Å². The molecule has 1 unspecified atom stereocenters. The Labute approximate surface area is 117 Å². The van der Waals surface area contributed by atoms with Crippen LogP contribution in [0.25, 0.3) is 0 Å². The summed E-state index contributed by atoms with van der Waals surface area (Å²) in [5, 5.41) is 3.50. The van der Waals surface area contributed by atoms with E-state index in [-0.39, 0.29) is 11.4 Å². The fourth-order valence-corrected chi connectivity index (χ4v) is 2.74. The predicted molar refractivity (Wildman–Crippen MR) is 76.1 cm³/mol. The smallest absolute Gasteiger partial charge is 0.137 e. The lowest BCUT2D eigenvalue weighted by atomic mass is 9.97. The zero-order chi connectivity index (χ0) is 13.3. The number of benzene rings is 1. The second-order valence-electron chi connectivity index (χ2n) is 5.72. The summed E-state index contributed by atoms with van der Waals surface area (Å²) in [6.45, 7) is 9.54. The molecule has 1 aliphatic rings. The number of nitrogens with zero attached hydrogens (tertiary/aromatic N) is 1. The van der Waals surface area contributed by atoms with E-state index in [1.165, 1.54) is 6.07 Å². The lowest BCUT2D eigenvalue weighted by molar-refractivity contribution is 0.0626. The minimum absolute atomic E-state index is 0.132. The van der Waals surface area contributed by atoms with E-state index in [1.54, 1.807) is 0 Å². The first-order valence-corrected chi connectivity index (χ1v) is 7.10. The number of piperazine rings is 1. The molecular weight excluding hydrogens is 295 g/mol. The van der Waals surface area contributed by atoms with Gasteiger partial charge in [0.1, 0.15) is 5.82 Å². The van der Waals surface area contributed by atoms with E-state index in [1.807, 2.05) is 12.1 Å². The second-order valence-corrected chi connectivity index (χ2v) is 6.58. The van der Waals surface area contributed by atoms with Crippen molar-refractivity contribution in [2.75, 3.05) is 13.1 Å². The monoisotopic (exact) mass is 314 g/mol. The van der Waals surface area contributed by atoms with Crippen molar-refractivity contribution in [3.05, 3.63) is 34.1 Å². The third-order valence-electron chi connectivity index (χ3n) is 3.59. The third kappa shape index (κ3) is 3.11. The maximum absolute atomic E-state index is 13.2. The van der Waals surface area contributed by atoms with Crippen molar-refractivity contribution in [3.8, 4) is 0 Å². The standard InChI is InChI=1S/C14H20BrFN2/c1-10-7-18(14(2,3)9-17-10)8-11-4-5-13(16)12(15)6-11/h4-6,10,17H,7-9H2,1-3H3. The average molecular weight is 315 g/mol. The van der Waals surface area contributed by atoms with E-state index >= 15 is 0 Å². The Morgan fingerprint density at radius 2 is 2.22 bits per heavy atom. The maximum atomic E-state index is 13.2. The molecule has 0 amide bonds. The molecule has 0 aliphatic carbocycles. The Bertz CT molecular complexity index is 434. The van der Waals surface area contributed by atoms with Crippen molar-refractivity contribution >= 4 is 15.9 Å². The summed E-state index contributed by atoms with van der Waals surface area (Å²) in [5.74, 6) is -0.202. The highest BCUT2D eigenvalue weighted by molar-refractivity contribution is 9.10. The zero-order valence-corrected chi connectivity index (χ0v) is 12.7. The summed E-state index contributed by atoms with van der Waals surface area (Å²) >= 11 is 3.25. The summed E-state index contributed by atoms with van der Waals surface area (Å²) in [7, 11) is 0. The Morgan fingerprint density at radius 3 is 2.89 bits per heavy atom. The molecule has 0 radical (unpaired) electrons. The fourth-order valence-electron chi connectivity index (χ4n) is 2.31. The van der Waals surface area contributed by atoms with Crippen LogP contribution in [0.2, 0.25) is 0 Å². The van der Waals surface area contributed by atoms with Gasteiger partial charge in [0.05, 0.1) is 4.47 Å². The van der Waals surface area contributed by atoms with Gasteiger partial charge in [-0.2, -0.15) is 0 Å². The van der Waals surface area contributed by atoms with E-state index < -0.39 is 0 Å². The molecule has 100 valence electrons. The topological polar surface area (TPSA) is 15.3 Å². The lowest BCUT2D eigenvalue weighted by Crippen LogP contribution is -2.60. The SMILES string of the molecule is CC1CN(Cc2ccc(F)c(Br)c2)C(C)(C)CN1. The van der Waals surface area contributed by atoms with Crippen LogP contribution < -0.4 is 5.32 Å². The summed E-state index contributed by atoms with van der Waals surface area (Å²) in [6, 6.07) is 5.76. The quantitative estimate of drug-likeness (QED) is 0.902. The van der Waals surface area contributed by atoms with Crippen LogP contribution in [0.5, 0.6) is 0 Å². The molecule has 0 spiro atoms. The van der Waals surface area contributed by atoms with E-state index in [4.69, 9.17) is 0 Å². The predicted octanol–water partition coefficient (Wildman–Crippen LogP) is 3.16. The Morgan fingerprint density at radius 1 is 1.50 bits per heavy atom. The number of nitrogens with one attached hydrogen (secondary N) is 1. The van der Waals surface area contributed by atoms with Gasteiger partial charge in [-0.3, -0.25) is 4.90 Å². The largest absolute Gasteiger partial charge is 0.311 e. The van der Waals surface area contributed by atoms with Crippen LogP contribution in [0.3, 0.4) is 0 Å². The van der Waals surface area contributed by atoms with E-state index in [0.717, 1.165) is 25.2 Å². The van der Waals surface area contributed by atoms with Gasteiger partial charge in [0.25, 0.3) is 0 Å². The van der Waals surface area contributed by atoms with E-state index in [2.05, 4.69) is 46.9 Å². The molecule has 0 bridgehead atoms. The van der Waals surface area contributed by atoms with Crippen LogP contribution in [0.4, 0.5) is 4.39 Å². The van der Waals surface area contributed by atoms with Crippen LogP contribution in [0.15, 0.2) is 22.7 Å². The molecule has 0 aromatic heterocycles. The minimum Gasteiger partial charge on any atom is -0.311 e. The highest BCUT2D eigenvalue weighted by atomic mass is 79.9. The Kier molecular flexibility index (Phi) is 4.09. The van der Waals surface area contributed by atoms with Crippen molar-refractivity contribution in [2.24, 2.45) is 0 Å². The van der Waals surface area contributed by atoms with Crippen LogP contribution in [0, 0.1) is 5.82 Å². The van der Waals surface area contributed by atoms with Gasteiger partial charge in [0.15, 0.2) is 0 Å². The van der Waals surface area contributed by atoms with Gasteiger partial charge in [-0.25, -0.2) is 4.39 Å². The summed E-state index contributed by atoms with van der Waals surface area (Å²) in [6.07, 6.45) is 0. The molecule has 0 saturated carbocycles. The van der Waals surface area contributed by atoms with Crippen LogP contribution in [-0.2, 0) is 6.54 Å². The molecule has 1 aromatic rings. The van der Waals surface area contributed by atoms with Crippen LogP contribution in [-0.4, -0.2) is 29.6 Å². The average Bonchev–Trinajstić information content (AvgIpc) is 2.29. The van der Waals surface area contributed by atoms with Crippen molar-refractivity contribution in [1.82, 2.24) is 10.2 Å². The van der Waals surface area contributed by atoms with Gasteiger partial charge in [-0.1, -0.05) is 6.07 Å². The molecule has 4 heteroatoms. The Balaban J connectivity index is 2.13. The Hall–Kier alpha value is -0.450. The van der Waals surface area contributed by atoms with Gasteiger partial charge >= 0.3 is 0 Å². The first kappa shape index (κ1) is 14.0. The minimum atomic E-state index is -0.202. The second kappa shape index (κ2) is 5.27. The van der Waals surface area contributed by atoms with Gasteiger partial charge in [-0.05, 0) is 54.4 Å². The molecular formula is C14H20BrFN2. The van der Waals surface area contributed by atoms with Crippen molar-refractivity contribution in [2.45, 2.75) is 38.9 Å². The van der Waals surface area contributed by atoms with Gasteiger partial charge in [-0.15, -0.1) is 0 Å². The van der Waals surface area contributed by atoms with Gasteiger partial charge < -0.3 is 5.32 Å². The molecule has 1 fully saturated rings. The van der Waals surface area contributed by atoms with E-state index in [9.17, 15) is 4.39 Å². The third-order valence-corrected chi connectivity index (χ3v) is 4.20. The molecule has 1 atom stereocenters. The molecule has 1 aromatic carbocycles. The summed E-state index contributed by atoms with van der Waals surface area (Å²) < 4.78 is 13.8. The summed E-state index contributed by atoms with van der Waals surface area (Å²) in [4.78, 5) is 2.45.